The summed E-state index contributed by atoms with van der Waals surface area (Å²) in [4.78, 5) is 7.17. The van der Waals surface area contributed by atoms with Crippen molar-refractivity contribution in [3.8, 4) is 5.69 Å². The van der Waals surface area contributed by atoms with Gasteiger partial charge in [0.2, 0.25) is 0 Å². The summed E-state index contributed by atoms with van der Waals surface area (Å²) < 4.78 is 2.43. The Hall–Kier alpha value is -8.60. The minimum atomic E-state index is 0.260. The first-order chi connectivity index (χ1) is 33.2. The Kier molecular flexibility index (Phi) is 10.2. The van der Waals surface area contributed by atoms with Crippen molar-refractivity contribution in [2.45, 2.75) is 6.92 Å². The van der Waals surface area contributed by atoms with Crippen molar-refractivity contribution in [2.24, 2.45) is 11.8 Å². The maximum atomic E-state index is 2.47. The number of fused-ring (bicyclic) bond motifs is 5. The number of allylic oxidation sites excluding steroid dienone is 8. The summed E-state index contributed by atoms with van der Waals surface area (Å²) in [5.41, 5.74) is 14.9. The van der Waals surface area contributed by atoms with E-state index in [1.54, 1.807) is 0 Å². The van der Waals surface area contributed by atoms with Crippen molar-refractivity contribution in [1.29, 1.82) is 0 Å². The average Bonchev–Trinajstić information content (AvgIpc) is 3.72. The normalized spacial score (nSPS) is 15.3. The molecule has 1 aromatic heterocycles. The topological polar surface area (TPSA) is 14.7 Å². The molecule has 0 bridgehead atoms. The third-order valence-corrected chi connectivity index (χ3v) is 13.5. The monoisotopic (exact) mass is 860 g/mol. The van der Waals surface area contributed by atoms with E-state index in [9.17, 15) is 0 Å². The molecule has 0 fully saturated rings. The largest absolute Gasteiger partial charge is 0.314 e. The van der Waals surface area contributed by atoms with E-state index in [0.717, 1.165) is 62.2 Å². The number of hydrogen-bond acceptors (Lipinski definition) is 3. The Balaban J connectivity index is 1.06. The van der Waals surface area contributed by atoms with E-state index in [2.05, 4.69) is 287 Å². The summed E-state index contributed by atoms with van der Waals surface area (Å²) in [6.45, 7) is 2.37. The fraction of sp³-hybridized carbons (Fsp3) is 0.0476. The number of benzene rings is 9. The number of hydrogen-bond donors (Lipinski definition) is 0. The highest BCUT2D eigenvalue weighted by Crippen LogP contribution is 2.46. The second-order valence-electron chi connectivity index (χ2n) is 17.5. The fourth-order valence-electron chi connectivity index (χ4n) is 10.3. The summed E-state index contributed by atoms with van der Waals surface area (Å²) in [7, 11) is 0. The molecule has 2 aliphatic rings. The lowest BCUT2D eigenvalue weighted by atomic mass is 9.78. The van der Waals surface area contributed by atoms with Crippen LogP contribution in [-0.4, -0.2) is 4.57 Å². The van der Waals surface area contributed by atoms with Crippen LogP contribution in [0.15, 0.2) is 272 Å². The van der Waals surface area contributed by atoms with Gasteiger partial charge in [0.1, 0.15) is 0 Å². The Morgan fingerprint density at radius 2 is 0.821 bits per heavy atom. The lowest BCUT2D eigenvalue weighted by Gasteiger charge is -2.37. The van der Waals surface area contributed by atoms with Crippen molar-refractivity contribution >= 4 is 78.1 Å². The van der Waals surface area contributed by atoms with Gasteiger partial charge in [-0.3, -0.25) is 0 Å². The lowest BCUT2D eigenvalue weighted by Crippen LogP contribution is -2.28. The molecule has 0 saturated carbocycles. The molecule has 10 aromatic rings. The van der Waals surface area contributed by atoms with Crippen LogP contribution in [0.4, 0.5) is 45.5 Å². The van der Waals surface area contributed by atoms with Gasteiger partial charge in [-0.1, -0.05) is 140 Å². The van der Waals surface area contributed by atoms with Gasteiger partial charge in [0, 0.05) is 79.5 Å². The van der Waals surface area contributed by atoms with Crippen LogP contribution in [0.2, 0.25) is 0 Å². The molecular weight excluding hydrogens is 813 g/mol. The van der Waals surface area contributed by atoms with Gasteiger partial charge in [-0.25, -0.2) is 0 Å². The molecule has 0 amide bonds. The Morgan fingerprint density at radius 3 is 1.40 bits per heavy atom. The van der Waals surface area contributed by atoms with Crippen LogP contribution < -0.4 is 14.7 Å². The number of para-hydroxylation sites is 4. The first-order valence-corrected chi connectivity index (χ1v) is 23.2. The van der Waals surface area contributed by atoms with Gasteiger partial charge in [-0.2, -0.15) is 0 Å². The van der Waals surface area contributed by atoms with Crippen molar-refractivity contribution < 1.29 is 0 Å². The van der Waals surface area contributed by atoms with Crippen LogP contribution in [0.1, 0.15) is 6.92 Å². The molecule has 0 aliphatic heterocycles. The summed E-state index contributed by atoms with van der Waals surface area (Å²) >= 11 is 0. The van der Waals surface area contributed by atoms with E-state index >= 15 is 0 Å². The van der Waals surface area contributed by atoms with Crippen molar-refractivity contribution in [1.82, 2.24) is 4.57 Å². The molecule has 0 saturated heterocycles. The molecule has 67 heavy (non-hydrogen) atoms. The van der Waals surface area contributed by atoms with Crippen LogP contribution in [0, 0.1) is 11.8 Å². The van der Waals surface area contributed by atoms with Crippen LogP contribution in [0.25, 0.3) is 38.3 Å². The zero-order valence-electron chi connectivity index (χ0n) is 37.3. The van der Waals surface area contributed by atoms with Crippen molar-refractivity contribution in [2.75, 3.05) is 14.7 Å². The number of nitrogens with zero attached hydrogens (tertiary/aromatic N) is 4. The van der Waals surface area contributed by atoms with Crippen LogP contribution in [-0.2, 0) is 0 Å². The maximum Gasteiger partial charge on any atom is 0.0542 e. The van der Waals surface area contributed by atoms with Gasteiger partial charge < -0.3 is 19.3 Å². The molecule has 12 rings (SSSR count). The molecule has 1 heterocycles. The maximum absolute atomic E-state index is 2.47. The fourth-order valence-corrected chi connectivity index (χ4v) is 10.3. The Morgan fingerprint density at radius 1 is 0.373 bits per heavy atom. The van der Waals surface area contributed by atoms with E-state index in [-0.39, 0.29) is 5.92 Å². The lowest BCUT2D eigenvalue weighted by molar-refractivity contribution is 0.542. The molecule has 4 nitrogen and oxygen atoms in total. The summed E-state index contributed by atoms with van der Waals surface area (Å²) in [5, 5.41) is 4.79. The van der Waals surface area contributed by atoms with Crippen LogP contribution in [0.3, 0.4) is 0 Å². The van der Waals surface area contributed by atoms with Crippen molar-refractivity contribution in [3.63, 3.8) is 0 Å². The average molecular weight is 861 g/mol. The highest BCUT2D eigenvalue weighted by molar-refractivity contribution is 6.12. The third kappa shape index (κ3) is 7.30. The van der Waals surface area contributed by atoms with E-state index in [4.69, 9.17) is 0 Å². The smallest absolute Gasteiger partial charge is 0.0542 e. The second kappa shape index (κ2) is 17.1. The molecular formula is C63H48N4. The van der Waals surface area contributed by atoms with E-state index in [1.165, 1.54) is 32.8 Å². The highest BCUT2D eigenvalue weighted by atomic mass is 15.2. The van der Waals surface area contributed by atoms with E-state index in [1.807, 2.05) is 0 Å². The van der Waals surface area contributed by atoms with Gasteiger partial charge in [0.15, 0.2) is 0 Å². The zero-order chi connectivity index (χ0) is 44.7. The zero-order valence-corrected chi connectivity index (χ0v) is 37.3. The standard InChI is InChI=1S/C63H48N4/c1-45-58-29-17-16-19-47(58)31-39-61(45)66(52-27-12-5-13-28-52)57-38-41-63-60(44-57)59-43-56(65(51-25-10-4-11-26-51)55-32-30-46-18-14-15-20-48(46)42-55)37-40-62(59)67(63)54-35-33-53(34-36-54)64(49-21-6-2-7-22-49)50-23-8-3-9-24-50/h2-45,58H,1H3. The molecule has 0 radical (unpaired) electrons. The quantitative estimate of drug-likeness (QED) is 0.136. The van der Waals surface area contributed by atoms with Gasteiger partial charge in [0.25, 0.3) is 0 Å². The van der Waals surface area contributed by atoms with E-state index < -0.39 is 0 Å². The second-order valence-corrected chi connectivity index (χ2v) is 17.5. The number of aromatic nitrogens is 1. The first-order valence-electron chi connectivity index (χ1n) is 23.2. The minimum absolute atomic E-state index is 0.260. The third-order valence-electron chi connectivity index (χ3n) is 13.5. The molecule has 2 atom stereocenters. The molecule has 4 heteroatoms. The molecule has 0 spiro atoms. The van der Waals surface area contributed by atoms with Crippen LogP contribution in [0.5, 0.6) is 0 Å². The first kappa shape index (κ1) is 40.0. The van der Waals surface area contributed by atoms with E-state index in [0.29, 0.717) is 5.92 Å². The summed E-state index contributed by atoms with van der Waals surface area (Å²) in [6, 6.07) is 81.2. The summed E-state index contributed by atoms with van der Waals surface area (Å²) in [5.74, 6) is 0.572. The molecule has 0 N–H and O–H groups in total. The predicted octanol–water partition coefficient (Wildman–Crippen LogP) is 17.2. The Bertz CT molecular complexity index is 3490. The predicted molar refractivity (Wildman–Crippen MR) is 283 cm³/mol. The van der Waals surface area contributed by atoms with Crippen molar-refractivity contribution in [3.05, 3.63) is 272 Å². The summed E-state index contributed by atoms with van der Waals surface area (Å²) in [6.07, 6.45) is 13.6. The molecule has 2 unspecified atom stereocenters. The molecule has 9 aromatic carbocycles. The van der Waals surface area contributed by atoms with Gasteiger partial charge in [0.05, 0.1) is 11.0 Å². The number of anilines is 8. The van der Waals surface area contributed by atoms with Crippen LogP contribution >= 0.6 is 0 Å². The van der Waals surface area contributed by atoms with Gasteiger partial charge in [-0.05, 0) is 144 Å². The number of rotatable bonds is 10. The molecule has 2 aliphatic carbocycles. The highest BCUT2D eigenvalue weighted by Gasteiger charge is 2.30. The van der Waals surface area contributed by atoms with Gasteiger partial charge in [-0.15, -0.1) is 0 Å². The van der Waals surface area contributed by atoms with Gasteiger partial charge >= 0.3 is 0 Å². The Labute approximate surface area is 392 Å². The minimum Gasteiger partial charge on any atom is -0.314 e. The SMILES string of the molecule is CC1C(N(c2ccccc2)c2ccc3c(c2)c2cc(N(c4ccccc4)c4ccc5ccccc5c4)ccc2n3-c2ccc(N(c3ccccc3)c3ccccc3)cc2)=CC=C2C=CC=CC21. The molecule has 320 valence electrons.